The molecule has 0 aliphatic heterocycles. The molecule has 3 heterocycles. The van der Waals surface area contributed by atoms with E-state index in [-0.39, 0.29) is 35.9 Å². The van der Waals surface area contributed by atoms with Crippen molar-refractivity contribution in [2.24, 2.45) is 0 Å². The van der Waals surface area contributed by atoms with E-state index in [0.29, 0.717) is 5.52 Å². The van der Waals surface area contributed by atoms with Crippen molar-refractivity contribution in [2.75, 3.05) is 23.7 Å². The van der Waals surface area contributed by atoms with Gasteiger partial charge in [-0.3, -0.25) is 0 Å². The number of aromatic amines is 1. The van der Waals surface area contributed by atoms with E-state index in [9.17, 15) is 22.4 Å². The average Bonchev–Trinajstić information content (AvgIpc) is 3.07. The summed E-state index contributed by atoms with van der Waals surface area (Å²) in [5.41, 5.74) is -0.704. The van der Waals surface area contributed by atoms with E-state index in [2.05, 4.69) is 30.8 Å². The molecule has 150 valence electrons. The summed E-state index contributed by atoms with van der Waals surface area (Å²) in [4.78, 5) is 20.1. The van der Waals surface area contributed by atoms with Crippen LogP contribution >= 0.6 is 0 Å². The molecule has 4 rings (SSSR count). The average molecular weight is 407 g/mol. The SMILES string of the molecule is O=c1[nH]nc2c(NCCNc3ncccc3C(F)(F)F)nc3ccc(F)cc3n12. The first-order chi connectivity index (χ1) is 13.8. The van der Waals surface area contributed by atoms with Crippen molar-refractivity contribution in [1.82, 2.24) is 24.6 Å². The van der Waals surface area contributed by atoms with Gasteiger partial charge in [-0.15, -0.1) is 5.10 Å². The molecule has 3 aromatic heterocycles. The van der Waals surface area contributed by atoms with Gasteiger partial charge < -0.3 is 10.6 Å². The molecular weight excluding hydrogens is 394 g/mol. The predicted octanol–water partition coefficient (Wildman–Crippen LogP) is 2.65. The fourth-order valence-corrected chi connectivity index (χ4v) is 2.88. The third kappa shape index (κ3) is 3.56. The molecule has 3 N–H and O–H groups in total. The van der Waals surface area contributed by atoms with Crippen LogP contribution in [0.15, 0.2) is 41.3 Å². The Balaban J connectivity index is 1.55. The van der Waals surface area contributed by atoms with E-state index in [0.717, 1.165) is 12.1 Å². The lowest BCUT2D eigenvalue weighted by atomic mass is 10.2. The number of pyridine rings is 1. The van der Waals surface area contributed by atoms with Gasteiger partial charge in [0.2, 0.25) is 5.65 Å². The number of nitrogens with one attached hydrogen (secondary N) is 3. The Morgan fingerprint density at radius 3 is 2.62 bits per heavy atom. The van der Waals surface area contributed by atoms with Gasteiger partial charge in [-0.25, -0.2) is 28.7 Å². The fourth-order valence-electron chi connectivity index (χ4n) is 2.88. The Bertz CT molecular complexity index is 1250. The zero-order valence-corrected chi connectivity index (χ0v) is 14.6. The van der Waals surface area contributed by atoms with Gasteiger partial charge in [0, 0.05) is 25.4 Å². The highest BCUT2D eigenvalue weighted by Crippen LogP contribution is 2.33. The molecular formula is C17H13F4N7O. The van der Waals surface area contributed by atoms with Gasteiger partial charge >= 0.3 is 11.9 Å². The van der Waals surface area contributed by atoms with Gasteiger partial charge in [0.1, 0.15) is 11.6 Å². The van der Waals surface area contributed by atoms with Crippen LogP contribution in [0.1, 0.15) is 5.56 Å². The van der Waals surface area contributed by atoms with E-state index in [1.54, 1.807) is 0 Å². The van der Waals surface area contributed by atoms with Gasteiger partial charge in [-0.05, 0) is 24.3 Å². The number of H-pyrrole nitrogens is 1. The first-order valence-corrected chi connectivity index (χ1v) is 8.41. The molecule has 1 aromatic carbocycles. The standard InChI is InChI=1S/C17H13F4N7O/c18-9-3-4-11-12(8-9)28-15(26-27-16(28)29)14(25-11)24-7-6-23-13-10(17(19,20)21)2-1-5-22-13/h1-5,8H,6-7H2,(H,22,23)(H,24,25)(H,27,29). The third-order valence-corrected chi connectivity index (χ3v) is 4.12. The second-order valence-electron chi connectivity index (χ2n) is 6.03. The summed E-state index contributed by atoms with van der Waals surface area (Å²) in [7, 11) is 0. The summed E-state index contributed by atoms with van der Waals surface area (Å²) < 4.78 is 53.7. The third-order valence-electron chi connectivity index (χ3n) is 4.12. The summed E-state index contributed by atoms with van der Waals surface area (Å²) in [6.07, 6.45) is -3.27. The Morgan fingerprint density at radius 1 is 1.10 bits per heavy atom. The van der Waals surface area contributed by atoms with Crippen LogP contribution in [0.5, 0.6) is 0 Å². The molecule has 0 radical (unpaired) electrons. The number of rotatable bonds is 5. The molecule has 0 atom stereocenters. The van der Waals surface area contributed by atoms with E-state index >= 15 is 0 Å². The summed E-state index contributed by atoms with van der Waals surface area (Å²) in [6.45, 7) is 0.244. The van der Waals surface area contributed by atoms with Gasteiger partial charge in [0.25, 0.3) is 0 Å². The van der Waals surface area contributed by atoms with Crippen molar-refractivity contribution >= 4 is 28.3 Å². The highest BCUT2D eigenvalue weighted by molar-refractivity contribution is 5.82. The number of hydrogen-bond acceptors (Lipinski definition) is 6. The molecule has 0 saturated heterocycles. The van der Waals surface area contributed by atoms with Gasteiger partial charge in [-0.1, -0.05) is 0 Å². The summed E-state index contributed by atoms with van der Waals surface area (Å²) in [5.74, 6) is -0.597. The maximum Gasteiger partial charge on any atom is 0.419 e. The van der Waals surface area contributed by atoms with Crippen molar-refractivity contribution in [2.45, 2.75) is 6.18 Å². The zero-order chi connectivity index (χ0) is 20.6. The van der Waals surface area contributed by atoms with Crippen LogP contribution in [0.2, 0.25) is 0 Å². The normalized spacial score (nSPS) is 11.9. The van der Waals surface area contributed by atoms with Crippen LogP contribution in [0.4, 0.5) is 29.2 Å². The van der Waals surface area contributed by atoms with Crippen LogP contribution in [0.25, 0.3) is 16.7 Å². The molecule has 0 spiro atoms. The number of hydrogen-bond donors (Lipinski definition) is 3. The molecule has 0 amide bonds. The molecule has 4 aromatic rings. The zero-order valence-electron chi connectivity index (χ0n) is 14.6. The lowest BCUT2D eigenvalue weighted by Crippen LogP contribution is -2.19. The molecule has 12 heteroatoms. The largest absolute Gasteiger partial charge is 0.419 e. The fraction of sp³-hybridized carbons (Fsp3) is 0.176. The molecule has 29 heavy (non-hydrogen) atoms. The number of nitrogens with zero attached hydrogens (tertiary/aromatic N) is 4. The quantitative estimate of drug-likeness (QED) is 0.348. The summed E-state index contributed by atoms with van der Waals surface area (Å²) >= 11 is 0. The second kappa shape index (κ2) is 7.04. The number of halogens is 4. The smallest absolute Gasteiger partial charge is 0.368 e. The highest BCUT2D eigenvalue weighted by Gasteiger charge is 2.33. The minimum absolute atomic E-state index is 0.0873. The molecule has 0 aliphatic rings. The molecule has 0 aliphatic carbocycles. The van der Waals surface area contributed by atoms with Crippen LogP contribution in [0, 0.1) is 5.82 Å². The van der Waals surface area contributed by atoms with Crippen molar-refractivity contribution in [3.05, 3.63) is 58.4 Å². The Labute approximate surface area is 159 Å². The van der Waals surface area contributed by atoms with Crippen LogP contribution < -0.4 is 16.3 Å². The number of alkyl halides is 3. The molecule has 8 nitrogen and oxygen atoms in total. The van der Waals surface area contributed by atoms with Gasteiger partial charge in [0.05, 0.1) is 16.6 Å². The Hall–Kier alpha value is -3.70. The maximum absolute atomic E-state index is 13.5. The van der Waals surface area contributed by atoms with Gasteiger partial charge in [0.15, 0.2) is 5.82 Å². The van der Waals surface area contributed by atoms with Crippen LogP contribution in [0.3, 0.4) is 0 Å². The van der Waals surface area contributed by atoms with Crippen molar-refractivity contribution in [3.63, 3.8) is 0 Å². The summed E-state index contributed by atoms with van der Waals surface area (Å²) in [5, 5.41) is 11.7. The van der Waals surface area contributed by atoms with E-state index in [1.807, 2.05) is 0 Å². The van der Waals surface area contributed by atoms with E-state index in [4.69, 9.17) is 0 Å². The van der Waals surface area contributed by atoms with E-state index < -0.39 is 23.2 Å². The first-order valence-electron chi connectivity index (χ1n) is 8.41. The molecule has 0 bridgehead atoms. The highest BCUT2D eigenvalue weighted by atomic mass is 19.4. The lowest BCUT2D eigenvalue weighted by molar-refractivity contribution is -0.137. The van der Waals surface area contributed by atoms with Crippen molar-refractivity contribution in [1.29, 1.82) is 0 Å². The van der Waals surface area contributed by atoms with Crippen molar-refractivity contribution in [3.8, 4) is 0 Å². The van der Waals surface area contributed by atoms with Crippen LogP contribution in [-0.4, -0.2) is 37.7 Å². The Morgan fingerprint density at radius 2 is 1.86 bits per heavy atom. The number of anilines is 2. The number of benzene rings is 1. The minimum Gasteiger partial charge on any atom is -0.368 e. The first kappa shape index (κ1) is 18.7. The molecule has 0 saturated carbocycles. The monoisotopic (exact) mass is 407 g/mol. The topological polar surface area (TPSA) is 100 Å². The van der Waals surface area contributed by atoms with Crippen molar-refractivity contribution < 1.29 is 17.6 Å². The molecule has 0 unspecified atom stereocenters. The lowest BCUT2D eigenvalue weighted by Gasteiger charge is -2.14. The maximum atomic E-state index is 13.5. The van der Waals surface area contributed by atoms with E-state index in [1.165, 1.54) is 28.8 Å². The minimum atomic E-state index is -4.53. The molecule has 0 fully saturated rings. The Kier molecular flexibility index (Phi) is 4.53. The number of fused-ring (bicyclic) bond motifs is 3. The second-order valence-corrected chi connectivity index (χ2v) is 6.03. The number of aromatic nitrogens is 5. The predicted molar refractivity (Wildman–Crippen MR) is 97.3 cm³/mol. The van der Waals surface area contributed by atoms with Crippen LogP contribution in [-0.2, 0) is 6.18 Å². The van der Waals surface area contributed by atoms with Gasteiger partial charge in [-0.2, -0.15) is 13.2 Å². The summed E-state index contributed by atoms with van der Waals surface area (Å²) in [6, 6.07) is 5.93.